The zero-order valence-corrected chi connectivity index (χ0v) is 19.8. The highest BCUT2D eigenvalue weighted by Gasteiger charge is 2.53. The Morgan fingerprint density at radius 1 is 1.15 bits per heavy atom. The van der Waals surface area contributed by atoms with E-state index < -0.39 is 0 Å². The van der Waals surface area contributed by atoms with Crippen LogP contribution in [0.2, 0.25) is 0 Å². The fourth-order valence-electron chi connectivity index (χ4n) is 6.62. The Labute approximate surface area is 196 Å². The largest absolute Gasteiger partial charge is 0.508 e. The van der Waals surface area contributed by atoms with E-state index in [4.69, 9.17) is 4.74 Å². The van der Waals surface area contributed by atoms with E-state index in [1.165, 1.54) is 12.7 Å². The van der Waals surface area contributed by atoms with Gasteiger partial charge in [0.2, 0.25) is 0 Å². The summed E-state index contributed by atoms with van der Waals surface area (Å²) in [6.45, 7) is 4.19. The minimum Gasteiger partial charge on any atom is -0.508 e. The molecule has 174 valence electrons. The zero-order valence-electron chi connectivity index (χ0n) is 19.8. The first-order valence-electron chi connectivity index (χ1n) is 12.1. The third-order valence-electron chi connectivity index (χ3n) is 8.21. The van der Waals surface area contributed by atoms with Gasteiger partial charge in [-0.25, -0.2) is 4.79 Å². The fourth-order valence-corrected chi connectivity index (χ4v) is 6.62. The summed E-state index contributed by atoms with van der Waals surface area (Å²) in [5.74, 6) is 0.401. The third-order valence-corrected chi connectivity index (χ3v) is 8.21. The van der Waals surface area contributed by atoms with Gasteiger partial charge in [0, 0.05) is 35.3 Å². The van der Waals surface area contributed by atoms with Gasteiger partial charge < -0.3 is 19.6 Å². The van der Waals surface area contributed by atoms with Crippen molar-refractivity contribution in [2.75, 3.05) is 32.1 Å². The number of aromatic hydroxyl groups is 1. The molecular weight excluding hydrogens is 412 g/mol. The standard InChI is InChI=1S/C28H34N2O3/c1-4-28-14-9-15-29(2)18-19-16-23(26(28)21-11-6-8-13-25(21)31)30(24(17-28)27(32)33-3)22-12-7-5-10-20(19)22/h5-8,10-13,16,19,24,26,31H,4,9,14-15,17-18H2,1-3H3. The van der Waals surface area contributed by atoms with Crippen LogP contribution in [0.25, 0.3) is 0 Å². The quantitative estimate of drug-likeness (QED) is 0.670. The van der Waals surface area contributed by atoms with Gasteiger partial charge in [-0.2, -0.15) is 0 Å². The number of carbonyl (C=O) groups is 1. The Bertz CT molecular complexity index is 1080. The first-order chi connectivity index (χ1) is 16.0. The third kappa shape index (κ3) is 3.54. The Hall–Kier alpha value is -2.79. The van der Waals surface area contributed by atoms with E-state index in [2.05, 4.69) is 60.2 Å². The Morgan fingerprint density at radius 3 is 2.61 bits per heavy atom. The summed E-state index contributed by atoms with van der Waals surface area (Å²) in [5, 5.41) is 11.0. The van der Waals surface area contributed by atoms with E-state index in [1.807, 2.05) is 12.1 Å². The summed E-state index contributed by atoms with van der Waals surface area (Å²) in [4.78, 5) is 17.9. The average molecular weight is 447 g/mol. The van der Waals surface area contributed by atoms with Gasteiger partial charge in [-0.1, -0.05) is 49.4 Å². The number of benzene rings is 2. The number of fused-ring (bicyclic) bond motifs is 5. The maximum atomic E-state index is 13.2. The van der Waals surface area contributed by atoms with Crippen LogP contribution < -0.4 is 4.90 Å². The number of allylic oxidation sites excluding steroid dienone is 1. The normalized spacial score (nSPS) is 29.2. The lowest BCUT2D eigenvalue weighted by molar-refractivity contribution is -0.143. The van der Waals surface area contributed by atoms with Crippen molar-refractivity contribution in [1.82, 2.24) is 4.90 Å². The number of esters is 1. The number of nitrogens with zero attached hydrogens (tertiary/aromatic N) is 2. The van der Waals surface area contributed by atoms with Crippen LogP contribution in [0.3, 0.4) is 0 Å². The predicted molar refractivity (Wildman–Crippen MR) is 130 cm³/mol. The molecule has 5 heteroatoms. The van der Waals surface area contributed by atoms with Gasteiger partial charge in [0.15, 0.2) is 0 Å². The number of anilines is 1. The fraction of sp³-hybridized carbons (Fsp3) is 0.464. The number of hydrogen-bond donors (Lipinski definition) is 1. The van der Waals surface area contributed by atoms with Crippen LogP contribution in [0.15, 0.2) is 60.3 Å². The monoisotopic (exact) mass is 446 g/mol. The maximum Gasteiger partial charge on any atom is 0.328 e. The minimum atomic E-state index is -0.373. The second kappa shape index (κ2) is 8.53. The number of ether oxygens (including phenoxy) is 1. The molecule has 0 aromatic heterocycles. The Kier molecular flexibility index (Phi) is 5.69. The topological polar surface area (TPSA) is 53.0 Å². The van der Waals surface area contributed by atoms with E-state index in [0.717, 1.165) is 49.3 Å². The molecule has 33 heavy (non-hydrogen) atoms. The second-order valence-corrected chi connectivity index (χ2v) is 9.94. The number of likely N-dealkylation sites (N-methyl/N-ethyl adjacent to an activating group) is 1. The molecular formula is C28H34N2O3. The number of carbonyl (C=O) groups excluding carboxylic acids is 1. The molecule has 2 aromatic rings. The first kappa shape index (κ1) is 22.0. The molecule has 1 saturated heterocycles. The molecule has 3 aliphatic heterocycles. The van der Waals surface area contributed by atoms with Crippen molar-refractivity contribution in [3.05, 3.63) is 71.4 Å². The summed E-state index contributed by atoms with van der Waals surface area (Å²) in [6.07, 6.45) is 6.07. The molecule has 3 aliphatic rings. The minimum absolute atomic E-state index is 0.0175. The van der Waals surface area contributed by atoms with E-state index in [9.17, 15) is 9.90 Å². The van der Waals surface area contributed by atoms with Crippen LogP contribution in [0, 0.1) is 5.41 Å². The van der Waals surface area contributed by atoms with Crippen molar-refractivity contribution in [3.8, 4) is 5.75 Å². The van der Waals surface area contributed by atoms with Crippen LogP contribution in [0.1, 0.15) is 55.6 Å². The van der Waals surface area contributed by atoms with Crippen LogP contribution in [0.4, 0.5) is 5.69 Å². The average Bonchev–Trinajstić information content (AvgIpc) is 2.83. The van der Waals surface area contributed by atoms with Gasteiger partial charge >= 0.3 is 5.97 Å². The lowest BCUT2D eigenvalue weighted by Gasteiger charge is -2.56. The van der Waals surface area contributed by atoms with Gasteiger partial charge in [-0.15, -0.1) is 0 Å². The number of phenols is 1. The molecule has 2 aromatic carbocycles. The first-order valence-corrected chi connectivity index (χ1v) is 12.1. The van der Waals surface area contributed by atoms with Crippen LogP contribution in [0.5, 0.6) is 5.75 Å². The molecule has 0 radical (unpaired) electrons. The van der Waals surface area contributed by atoms with Crippen molar-refractivity contribution >= 4 is 11.7 Å². The maximum absolute atomic E-state index is 13.2. The van der Waals surface area contributed by atoms with E-state index in [0.29, 0.717) is 12.2 Å². The van der Waals surface area contributed by atoms with E-state index in [-0.39, 0.29) is 29.3 Å². The van der Waals surface area contributed by atoms with Crippen LogP contribution in [-0.2, 0) is 9.53 Å². The SMILES string of the molecule is CCC12CCCN(C)CC3C=C(C1c1ccccc1O)N(c1ccccc13)C(C(=O)OC)C2. The summed E-state index contributed by atoms with van der Waals surface area (Å²) in [5.41, 5.74) is 4.30. The molecule has 0 amide bonds. The Balaban J connectivity index is 1.80. The molecule has 5 nitrogen and oxygen atoms in total. The van der Waals surface area contributed by atoms with Crippen molar-refractivity contribution < 1.29 is 14.6 Å². The molecule has 0 spiro atoms. The van der Waals surface area contributed by atoms with Crippen molar-refractivity contribution in [2.24, 2.45) is 5.41 Å². The number of hydrogen-bond acceptors (Lipinski definition) is 5. The highest BCUT2D eigenvalue weighted by molar-refractivity contribution is 5.84. The molecule has 3 bridgehead atoms. The number of methoxy groups -OCH3 is 1. The lowest BCUT2D eigenvalue weighted by Crippen LogP contribution is -2.55. The van der Waals surface area contributed by atoms with Gasteiger partial charge in [-0.3, -0.25) is 0 Å². The number of rotatable bonds is 3. The van der Waals surface area contributed by atoms with Crippen molar-refractivity contribution in [2.45, 2.75) is 50.5 Å². The van der Waals surface area contributed by atoms with Gasteiger partial charge in [0.1, 0.15) is 11.8 Å². The zero-order chi connectivity index (χ0) is 23.2. The second-order valence-electron chi connectivity index (χ2n) is 9.94. The van der Waals surface area contributed by atoms with Crippen LogP contribution >= 0.6 is 0 Å². The Morgan fingerprint density at radius 2 is 1.88 bits per heavy atom. The summed E-state index contributed by atoms with van der Waals surface area (Å²) < 4.78 is 5.35. The van der Waals surface area contributed by atoms with E-state index >= 15 is 0 Å². The molecule has 1 N–H and O–H groups in total. The predicted octanol–water partition coefficient (Wildman–Crippen LogP) is 5.03. The highest BCUT2D eigenvalue weighted by Crippen LogP contribution is 2.60. The smallest absolute Gasteiger partial charge is 0.328 e. The molecule has 4 unspecified atom stereocenters. The van der Waals surface area contributed by atoms with Gasteiger partial charge in [-0.05, 0) is 62.4 Å². The molecule has 3 heterocycles. The molecule has 5 rings (SSSR count). The number of para-hydroxylation sites is 2. The summed E-state index contributed by atoms with van der Waals surface area (Å²) in [7, 11) is 3.70. The molecule has 0 aliphatic carbocycles. The highest BCUT2D eigenvalue weighted by atomic mass is 16.5. The van der Waals surface area contributed by atoms with Crippen LogP contribution in [-0.4, -0.2) is 49.3 Å². The summed E-state index contributed by atoms with van der Waals surface area (Å²) >= 11 is 0. The molecule has 1 fully saturated rings. The van der Waals surface area contributed by atoms with E-state index in [1.54, 1.807) is 6.07 Å². The molecule has 4 atom stereocenters. The lowest BCUT2D eigenvalue weighted by atomic mass is 9.59. The number of phenolic OH excluding ortho intramolecular Hbond substituents is 1. The van der Waals surface area contributed by atoms with Crippen molar-refractivity contribution in [3.63, 3.8) is 0 Å². The molecule has 0 saturated carbocycles. The summed E-state index contributed by atoms with van der Waals surface area (Å²) in [6, 6.07) is 15.9. The van der Waals surface area contributed by atoms with Gasteiger partial charge in [0.25, 0.3) is 0 Å². The van der Waals surface area contributed by atoms with Crippen molar-refractivity contribution in [1.29, 1.82) is 0 Å². The number of piperidine rings is 1. The van der Waals surface area contributed by atoms with Gasteiger partial charge in [0.05, 0.1) is 7.11 Å².